The van der Waals surface area contributed by atoms with E-state index >= 15 is 0 Å². The van der Waals surface area contributed by atoms with Crippen molar-refractivity contribution in [1.82, 2.24) is 9.55 Å². The standard InChI is InChI=1S/C21H14F3N3OS/c22-21(23,24)15-8-10-16(11-9-15)26-20-27(13-14-5-2-1-3-6-14)19(28)17-7-4-12-25-18(17)29-20/h1-12H,13H2. The van der Waals surface area contributed by atoms with Gasteiger partial charge in [-0.15, -0.1) is 0 Å². The van der Waals surface area contributed by atoms with E-state index in [0.29, 0.717) is 27.3 Å². The van der Waals surface area contributed by atoms with Crippen LogP contribution in [0.5, 0.6) is 0 Å². The summed E-state index contributed by atoms with van der Waals surface area (Å²) in [4.78, 5) is 22.6. The number of hydrogen-bond donors (Lipinski definition) is 0. The molecule has 0 radical (unpaired) electrons. The second-order valence-electron chi connectivity index (χ2n) is 6.27. The van der Waals surface area contributed by atoms with Crippen LogP contribution in [-0.2, 0) is 12.7 Å². The molecule has 0 saturated carbocycles. The van der Waals surface area contributed by atoms with Gasteiger partial charge in [-0.3, -0.25) is 9.36 Å². The molecule has 0 unspecified atom stereocenters. The van der Waals surface area contributed by atoms with Gasteiger partial charge in [0.2, 0.25) is 0 Å². The number of benzene rings is 2. The SMILES string of the molecule is O=c1c2cccnc2sc(=Nc2ccc(C(F)(F)F)cc2)n1Cc1ccccc1. The highest BCUT2D eigenvalue weighted by molar-refractivity contribution is 7.15. The zero-order chi connectivity index (χ0) is 20.4. The van der Waals surface area contributed by atoms with Crippen LogP contribution in [0.25, 0.3) is 10.2 Å². The quantitative estimate of drug-likeness (QED) is 0.486. The van der Waals surface area contributed by atoms with Gasteiger partial charge in [-0.1, -0.05) is 41.7 Å². The van der Waals surface area contributed by atoms with Crippen molar-refractivity contribution in [2.75, 3.05) is 0 Å². The third kappa shape index (κ3) is 4.12. The van der Waals surface area contributed by atoms with E-state index in [4.69, 9.17) is 0 Å². The van der Waals surface area contributed by atoms with Crippen molar-refractivity contribution in [3.05, 3.63) is 99.2 Å². The average molecular weight is 413 g/mol. The van der Waals surface area contributed by atoms with Gasteiger partial charge < -0.3 is 0 Å². The minimum Gasteiger partial charge on any atom is -0.279 e. The van der Waals surface area contributed by atoms with E-state index in [1.165, 1.54) is 28.0 Å². The van der Waals surface area contributed by atoms with Crippen molar-refractivity contribution < 1.29 is 13.2 Å². The van der Waals surface area contributed by atoms with Gasteiger partial charge in [-0.2, -0.15) is 13.2 Å². The molecule has 2 aromatic heterocycles. The lowest BCUT2D eigenvalue weighted by atomic mass is 10.2. The maximum absolute atomic E-state index is 13.1. The van der Waals surface area contributed by atoms with Crippen molar-refractivity contribution in [2.45, 2.75) is 12.7 Å². The first-order valence-electron chi connectivity index (χ1n) is 8.66. The predicted molar refractivity (Wildman–Crippen MR) is 106 cm³/mol. The fraction of sp³-hybridized carbons (Fsp3) is 0.0952. The third-order valence-electron chi connectivity index (χ3n) is 4.27. The predicted octanol–water partition coefficient (Wildman–Crippen LogP) is 4.76. The summed E-state index contributed by atoms with van der Waals surface area (Å²) in [6, 6.07) is 17.3. The minimum absolute atomic E-state index is 0.249. The third-order valence-corrected chi connectivity index (χ3v) is 5.28. The Labute approximate surface area is 167 Å². The van der Waals surface area contributed by atoms with Crippen LogP contribution in [-0.4, -0.2) is 9.55 Å². The number of halogens is 3. The van der Waals surface area contributed by atoms with Crippen molar-refractivity contribution in [1.29, 1.82) is 0 Å². The minimum atomic E-state index is -4.41. The zero-order valence-electron chi connectivity index (χ0n) is 14.9. The molecule has 0 N–H and O–H groups in total. The van der Waals surface area contributed by atoms with E-state index in [1.54, 1.807) is 18.3 Å². The Hall–Kier alpha value is -3.26. The Morgan fingerprint density at radius 2 is 1.69 bits per heavy atom. The van der Waals surface area contributed by atoms with E-state index < -0.39 is 11.7 Å². The molecular formula is C21H14F3N3OS. The average Bonchev–Trinajstić information content (AvgIpc) is 2.71. The molecule has 29 heavy (non-hydrogen) atoms. The topological polar surface area (TPSA) is 47.2 Å². The number of pyridine rings is 1. The van der Waals surface area contributed by atoms with Crippen LogP contribution in [0.1, 0.15) is 11.1 Å². The summed E-state index contributed by atoms with van der Waals surface area (Å²) in [7, 11) is 0. The fourth-order valence-corrected chi connectivity index (χ4v) is 3.79. The Kier molecular flexibility index (Phi) is 5.02. The molecule has 0 aliphatic carbocycles. The molecule has 4 rings (SSSR count). The molecule has 0 fully saturated rings. The van der Waals surface area contributed by atoms with Crippen molar-refractivity contribution in [3.63, 3.8) is 0 Å². The first-order valence-corrected chi connectivity index (χ1v) is 9.48. The van der Waals surface area contributed by atoms with Crippen LogP contribution in [0.2, 0.25) is 0 Å². The van der Waals surface area contributed by atoms with Gasteiger partial charge in [0.1, 0.15) is 4.83 Å². The normalized spacial score (nSPS) is 12.4. The summed E-state index contributed by atoms with van der Waals surface area (Å²) < 4.78 is 39.9. The highest BCUT2D eigenvalue weighted by atomic mass is 32.1. The fourth-order valence-electron chi connectivity index (χ4n) is 2.83. The summed E-state index contributed by atoms with van der Waals surface area (Å²) >= 11 is 1.21. The molecule has 0 aliphatic heterocycles. The molecule has 0 saturated heterocycles. The maximum atomic E-state index is 13.1. The molecular weight excluding hydrogens is 399 g/mol. The lowest BCUT2D eigenvalue weighted by molar-refractivity contribution is -0.137. The van der Waals surface area contributed by atoms with Gasteiger partial charge in [0.15, 0.2) is 4.80 Å². The number of alkyl halides is 3. The van der Waals surface area contributed by atoms with Gasteiger partial charge in [0, 0.05) is 6.20 Å². The van der Waals surface area contributed by atoms with E-state index in [1.807, 2.05) is 30.3 Å². The summed E-state index contributed by atoms with van der Waals surface area (Å²) in [5.74, 6) is 0. The largest absolute Gasteiger partial charge is 0.416 e. The second kappa shape index (κ2) is 7.63. The molecule has 4 nitrogen and oxygen atoms in total. The molecule has 4 aromatic rings. The lowest BCUT2D eigenvalue weighted by Crippen LogP contribution is -2.32. The highest BCUT2D eigenvalue weighted by Crippen LogP contribution is 2.30. The molecule has 0 aliphatic rings. The van der Waals surface area contributed by atoms with E-state index in [-0.39, 0.29) is 5.56 Å². The number of rotatable bonds is 3. The van der Waals surface area contributed by atoms with Gasteiger partial charge in [-0.25, -0.2) is 9.98 Å². The van der Waals surface area contributed by atoms with Gasteiger partial charge in [0.25, 0.3) is 5.56 Å². The number of nitrogens with zero attached hydrogens (tertiary/aromatic N) is 3. The number of fused-ring (bicyclic) bond motifs is 1. The summed E-state index contributed by atoms with van der Waals surface area (Å²) in [5, 5.41) is 0.472. The van der Waals surface area contributed by atoms with Crippen LogP contribution in [0.15, 0.2) is 82.7 Å². The summed E-state index contributed by atoms with van der Waals surface area (Å²) in [5.41, 5.74) is 0.239. The van der Waals surface area contributed by atoms with Crippen molar-refractivity contribution >= 4 is 27.2 Å². The zero-order valence-corrected chi connectivity index (χ0v) is 15.7. The molecule has 2 aromatic carbocycles. The molecule has 8 heteroatoms. The first kappa shape index (κ1) is 19.1. The smallest absolute Gasteiger partial charge is 0.279 e. The highest BCUT2D eigenvalue weighted by Gasteiger charge is 2.29. The van der Waals surface area contributed by atoms with Gasteiger partial charge in [0.05, 0.1) is 23.2 Å². The molecule has 0 bridgehead atoms. The van der Waals surface area contributed by atoms with Crippen LogP contribution >= 0.6 is 11.3 Å². The Balaban J connectivity index is 1.89. The van der Waals surface area contributed by atoms with Crippen LogP contribution in [0.4, 0.5) is 18.9 Å². The van der Waals surface area contributed by atoms with E-state index in [0.717, 1.165) is 17.7 Å². The Bertz CT molecular complexity index is 1280. The lowest BCUT2D eigenvalue weighted by Gasteiger charge is -2.09. The molecule has 0 spiro atoms. The number of hydrogen-bond acceptors (Lipinski definition) is 4. The van der Waals surface area contributed by atoms with Crippen LogP contribution in [0.3, 0.4) is 0 Å². The van der Waals surface area contributed by atoms with Crippen LogP contribution in [0, 0.1) is 0 Å². The molecule has 0 atom stereocenters. The Morgan fingerprint density at radius 1 is 0.966 bits per heavy atom. The van der Waals surface area contributed by atoms with E-state index in [9.17, 15) is 18.0 Å². The van der Waals surface area contributed by atoms with Gasteiger partial charge >= 0.3 is 6.18 Å². The monoisotopic (exact) mass is 413 g/mol. The first-order chi connectivity index (χ1) is 13.9. The van der Waals surface area contributed by atoms with Gasteiger partial charge in [-0.05, 0) is 42.0 Å². The summed E-state index contributed by atoms with van der Waals surface area (Å²) in [6.45, 7) is 0.292. The van der Waals surface area contributed by atoms with Crippen molar-refractivity contribution in [2.24, 2.45) is 4.99 Å². The number of aromatic nitrogens is 2. The van der Waals surface area contributed by atoms with Crippen LogP contribution < -0.4 is 10.4 Å². The summed E-state index contributed by atoms with van der Waals surface area (Å²) in [6.07, 6.45) is -2.83. The van der Waals surface area contributed by atoms with E-state index in [2.05, 4.69) is 9.98 Å². The molecule has 146 valence electrons. The molecule has 2 heterocycles. The molecule has 0 amide bonds. The van der Waals surface area contributed by atoms with Crippen molar-refractivity contribution in [3.8, 4) is 0 Å². The second-order valence-corrected chi connectivity index (χ2v) is 7.23. The Morgan fingerprint density at radius 3 is 2.38 bits per heavy atom. The maximum Gasteiger partial charge on any atom is 0.416 e.